The van der Waals surface area contributed by atoms with E-state index in [1.807, 2.05) is 6.92 Å². The molecule has 146 valence electrons. The number of nitrogens with two attached hydrogens (primary N) is 1. The van der Waals surface area contributed by atoms with Crippen molar-refractivity contribution in [1.82, 2.24) is 23.9 Å². The molecule has 0 aromatic carbocycles. The highest BCUT2D eigenvalue weighted by atomic mass is 19.3. The van der Waals surface area contributed by atoms with E-state index in [1.165, 1.54) is 12.4 Å². The molecule has 0 amide bonds. The standard InChI is InChI=1S/C18H18F2N6O2/c1-2-24-9-12(6-7-16(24)27)14-4-3-5-15(23-14)25-11-22-26(18(25)28)10-13(8-21)17(19)20/h3-7,9,11H,2,8,10,21H2,1H3. The van der Waals surface area contributed by atoms with Crippen LogP contribution in [0.15, 0.2) is 64.1 Å². The van der Waals surface area contributed by atoms with Crippen LogP contribution in [0.1, 0.15) is 6.92 Å². The zero-order chi connectivity index (χ0) is 20.3. The van der Waals surface area contributed by atoms with Crippen molar-refractivity contribution >= 4 is 0 Å². The summed E-state index contributed by atoms with van der Waals surface area (Å²) in [6.45, 7) is 1.60. The van der Waals surface area contributed by atoms with Crippen molar-refractivity contribution in [3.05, 3.63) is 75.3 Å². The first-order valence-corrected chi connectivity index (χ1v) is 8.50. The number of nitrogens with zero attached hydrogens (tertiary/aromatic N) is 5. The zero-order valence-corrected chi connectivity index (χ0v) is 15.0. The molecule has 8 nitrogen and oxygen atoms in total. The molecule has 2 N–H and O–H groups in total. The Balaban J connectivity index is 1.99. The molecule has 28 heavy (non-hydrogen) atoms. The van der Waals surface area contributed by atoms with Crippen LogP contribution in [-0.2, 0) is 13.1 Å². The quantitative estimate of drug-likeness (QED) is 0.688. The Morgan fingerprint density at radius 3 is 2.64 bits per heavy atom. The molecular weight excluding hydrogens is 370 g/mol. The van der Waals surface area contributed by atoms with Gasteiger partial charge in [-0.15, -0.1) is 0 Å². The summed E-state index contributed by atoms with van der Waals surface area (Å²) in [5.41, 5.74) is 5.44. The predicted molar refractivity (Wildman–Crippen MR) is 99.3 cm³/mol. The zero-order valence-electron chi connectivity index (χ0n) is 15.0. The first-order chi connectivity index (χ1) is 13.4. The Labute approximate surface area is 158 Å². The smallest absolute Gasteiger partial charge is 0.327 e. The lowest BCUT2D eigenvalue weighted by atomic mass is 10.2. The molecule has 10 heteroatoms. The minimum Gasteiger partial charge on any atom is -0.327 e. The third kappa shape index (κ3) is 3.81. The van der Waals surface area contributed by atoms with E-state index in [-0.39, 0.29) is 23.5 Å². The van der Waals surface area contributed by atoms with Gasteiger partial charge in [0.25, 0.3) is 11.6 Å². The maximum absolute atomic E-state index is 12.8. The first-order valence-electron chi connectivity index (χ1n) is 8.50. The lowest BCUT2D eigenvalue weighted by molar-refractivity contribution is 0.400. The van der Waals surface area contributed by atoms with Crippen molar-refractivity contribution in [1.29, 1.82) is 0 Å². The molecule has 0 saturated carbocycles. The molecule has 0 saturated heterocycles. The number of hydrogen-bond donors (Lipinski definition) is 1. The predicted octanol–water partition coefficient (Wildman–Crippen LogP) is 1.39. The number of aryl methyl sites for hydroxylation is 1. The maximum atomic E-state index is 12.8. The number of hydrogen-bond acceptors (Lipinski definition) is 5. The fraction of sp³-hybridized carbons (Fsp3) is 0.222. The van der Waals surface area contributed by atoms with Gasteiger partial charge in [-0.25, -0.2) is 19.0 Å². The third-order valence-electron chi connectivity index (χ3n) is 4.19. The van der Waals surface area contributed by atoms with Crippen LogP contribution in [0.2, 0.25) is 0 Å². The van der Waals surface area contributed by atoms with Gasteiger partial charge in [-0.3, -0.25) is 4.79 Å². The molecule has 0 spiro atoms. The van der Waals surface area contributed by atoms with Gasteiger partial charge in [0.1, 0.15) is 12.1 Å². The Kier molecular flexibility index (Phi) is 5.59. The second kappa shape index (κ2) is 8.09. The fourth-order valence-electron chi connectivity index (χ4n) is 2.63. The molecule has 0 radical (unpaired) electrons. The van der Waals surface area contributed by atoms with E-state index in [0.717, 1.165) is 9.25 Å². The van der Waals surface area contributed by atoms with E-state index in [1.54, 1.807) is 35.0 Å². The topological polar surface area (TPSA) is 101 Å². The summed E-state index contributed by atoms with van der Waals surface area (Å²) in [4.78, 5) is 28.7. The summed E-state index contributed by atoms with van der Waals surface area (Å²) in [5.74, 6) is 0.280. The summed E-state index contributed by atoms with van der Waals surface area (Å²) in [7, 11) is 0. The molecule has 0 aliphatic carbocycles. The number of pyridine rings is 2. The Bertz CT molecular complexity index is 1140. The van der Waals surface area contributed by atoms with Crippen LogP contribution in [0.4, 0.5) is 8.78 Å². The Morgan fingerprint density at radius 2 is 1.96 bits per heavy atom. The van der Waals surface area contributed by atoms with Crippen LogP contribution in [0.3, 0.4) is 0 Å². The van der Waals surface area contributed by atoms with Crippen LogP contribution >= 0.6 is 0 Å². The average molecular weight is 388 g/mol. The lowest BCUT2D eigenvalue weighted by Gasteiger charge is -2.07. The van der Waals surface area contributed by atoms with E-state index in [0.29, 0.717) is 17.8 Å². The molecule has 0 aliphatic rings. The number of aromatic nitrogens is 5. The Morgan fingerprint density at radius 1 is 1.18 bits per heavy atom. The third-order valence-corrected chi connectivity index (χ3v) is 4.19. The molecular formula is C18H18F2N6O2. The fourth-order valence-corrected chi connectivity index (χ4v) is 2.63. The molecule has 0 fully saturated rings. The van der Waals surface area contributed by atoms with Gasteiger partial charge in [0.15, 0.2) is 0 Å². The first kappa shape index (κ1) is 19.4. The highest BCUT2D eigenvalue weighted by molar-refractivity contribution is 5.58. The highest BCUT2D eigenvalue weighted by Gasteiger charge is 2.13. The van der Waals surface area contributed by atoms with Crippen LogP contribution in [0.5, 0.6) is 0 Å². The summed E-state index contributed by atoms with van der Waals surface area (Å²) in [6.07, 6.45) is 0.976. The molecule has 0 atom stereocenters. The summed E-state index contributed by atoms with van der Waals surface area (Å²) < 4.78 is 29.2. The van der Waals surface area contributed by atoms with Gasteiger partial charge in [-0.1, -0.05) is 6.07 Å². The van der Waals surface area contributed by atoms with Crippen molar-refractivity contribution < 1.29 is 8.78 Å². The molecule has 0 unspecified atom stereocenters. The van der Waals surface area contributed by atoms with E-state index < -0.39 is 18.3 Å². The van der Waals surface area contributed by atoms with Crippen LogP contribution < -0.4 is 17.0 Å². The largest absolute Gasteiger partial charge is 0.351 e. The summed E-state index contributed by atoms with van der Waals surface area (Å²) in [5, 5.41) is 3.86. The molecule has 3 rings (SSSR count). The maximum Gasteiger partial charge on any atom is 0.351 e. The monoisotopic (exact) mass is 388 g/mol. The van der Waals surface area contributed by atoms with Gasteiger partial charge in [0, 0.05) is 36.5 Å². The van der Waals surface area contributed by atoms with Gasteiger partial charge in [0.2, 0.25) is 0 Å². The number of rotatable bonds is 6. The molecule has 0 bridgehead atoms. The number of halogens is 2. The van der Waals surface area contributed by atoms with Crippen molar-refractivity contribution in [3.8, 4) is 17.1 Å². The van der Waals surface area contributed by atoms with Gasteiger partial charge >= 0.3 is 5.69 Å². The van der Waals surface area contributed by atoms with Crippen molar-refractivity contribution in [2.75, 3.05) is 6.54 Å². The Hall–Kier alpha value is -3.40. The second-order valence-electron chi connectivity index (χ2n) is 5.93. The summed E-state index contributed by atoms with van der Waals surface area (Å²) >= 11 is 0. The van der Waals surface area contributed by atoms with Crippen molar-refractivity contribution in [2.45, 2.75) is 20.0 Å². The lowest BCUT2D eigenvalue weighted by Crippen LogP contribution is -2.26. The minimum absolute atomic E-state index is 0.122. The van der Waals surface area contributed by atoms with E-state index in [4.69, 9.17) is 5.73 Å². The van der Waals surface area contributed by atoms with Crippen molar-refractivity contribution in [3.63, 3.8) is 0 Å². The molecule has 3 aromatic heterocycles. The van der Waals surface area contributed by atoms with Crippen molar-refractivity contribution in [2.24, 2.45) is 5.73 Å². The van der Waals surface area contributed by atoms with Gasteiger partial charge in [-0.05, 0) is 25.1 Å². The van der Waals surface area contributed by atoms with Gasteiger partial charge in [-0.2, -0.15) is 13.9 Å². The SMILES string of the molecule is CCn1cc(-c2cccc(-n3cnn(CC(CN)=C(F)F)c3=O)n2)ccc1=O. The summed E-state index contributed by atoms with van der Waals surface area (Å²) in [6, 6.07) is 8.14. The average Bonchev–Trinajstić information content (AvgIpc) is 3.06. The molecule has 3 heterocycles. The van der Waals surface area contributed by atoms with Gasteiger partial charge < -0.3 is 10.3 Å². The van der Waals surface area contributed by atoms with Crippen LogP contribution in [0, 0.1) is 0 Å². The van der Waals surface area contributed by atoms with Gasteiger partial charge in [0.05, 0.1) is 12.2 Å². The van der Waals surface area contributed by atoms with E-state index in [2.05, 4.69) is 10.1 Å². The minimum atomic E-state index is -1.92. The van der Waals surface area contributed by atoms with E-state index >= 15 is 0 Å². The van der Waals surface area contributed by atoms with E-state index in [9.17, 15) is 18.4 Å². The highest BCUT2D eigenvalue weighted by Crippen LogP contribution is 2.17. The second-order valence-corrected chi connectivity index (χ2v) is 5.93. The molecule has 3 aromatic rings. The molecule has 0 aliphatic heterocycles. The normalized spacial score (nSPS) is 10.9. The van der Waals surface area contributed by atoms with Crippen LogP contribution in [-0.4, -0.2) is 30.4 Å². The van der Waals surface area contributed by atoms with Crippen LogP contribution in [0.25, 0.3) is 17.1 Å².